The van der Waals surface area contributed by atoms with Gasteiger partial charge in [-0.15, -0.1) is 23.1 Å². The summed E-state index contributed by atoms with van der Waals surface area (Å²) >= 11 is 3.86. The molecule has 0 saturated heterocycles. The molecule has 0 atom stereocenters. The molecule has 18 heavy (non-hydrogen) atoms. The molecular formula is C16H10S2. The summed E-state index contributed by atoms with van der Waals surface area (Å²) in [6.07, 6.45) is 5.83. The number of thiophene rings is 1. The molecule has 0 unspecified atom stereocenters. The van der Waals surface area contributed by atoms with E-state index in [9.17, 15) is 0 Å². The van der Waals surface area contributed by atoms with Crippen molar-refractivity contribution in [3.8, 4) is 10.4 Å². The van der Waals surface area contributed by atoms with E-state index in [1.165, 1.54) is 42.5 Å². The topological polar surface area (TPSA) is 0 Å². The van der Waals surface area contributed by atoms with E-state index >= 15 is 0 Å². The van der Waals surface area contributed by atoms with Gasteiger partial charge in [-0.3, -0.25) is 0 Å². The van der Waals surface area contributed by atoms with Gasteiger partial charge in [0, 0.05) is 15.5 Å². The van der Waals surface area contributed by atoms with Gasteiger partial charge in [-0.1, -0.05) is 6.08 Å². The molecule has 3 aliphatic rings. The summed E-state index contributed by atoms with van der Waals surface area (Å²) in [6, 6.07) is 7.11. The third-order valence-electron chi connectivity index (χ3n) is 4.00. The molecule has 2 aliphatic carbocycles. The van der Waals surface area contributed by atoms with Gasteiger partial charge in [0.05, 0.1) is 0 Å². The van der Waals surface area contributed by atoms with E-state index in [0.29, 0.717) is 0 Å². The van der Waals surface area contributed by atoms with Crippen LogP contribution in [0.15, 0.2) is 35.2 Å². The first-order valence-corrected chi connectivity index (χ1v) is 8.06. The van der Waals surface area contributed by atoms with Crippen LogP contribution in [0.3, 0.4) is 0 Å². The second kappa shape index (κ2) is 3.19. The van der Waals surface area contributed by atoms with Crippen molar-refractivity contribution < 1.29 is 0 Å². The fraction of sp³-hybridized carbons (Fsp3) is 0.125. The molecule has 0 saturated carbocycles. The van der Waals surface area contributed by atoms with Crippen molar-refractivity contribution >= 4 is 34.1 Å². The minimum atomic E-state index is 1.12. The van der Waals surface area contributed by atoms with Crippen LogP contribution in [0.2, 0.25) is 0 Å². The lowest BCUT2D eigenvalue weighted by Gasteiger charge is -2.00. The normalized spacial score (nSPS) is 18.0. The summed E-state index contributed by atoms with van der Waals surface area (Å²) in [5.41, 5.74) is 5.95. The van der Waals surface area contributed by atoms with Gasteiger partial charge in [-0.2, -0.15) is 0 Å². The van der Waals surface area contributed by atoms with Crippen LogP contribution in [0.1, 0.15) is 11.1 Å². The highest BCUT2D eigenvalue weighted by Crippen LogP contribution is 2.40. The second-order valence-electron chi connectivity index (χ2n) is 4.99. The molecule has 1 aliphatic heterocycles. The summed E-state index contributed by atoms with van der Waals surface area (Å²) in [5.74, 6) is 1.14. The van der Waals surface area contributed by atoms with Crippen LogP contribution in [-0.4, -0.2) is 5.75 Å². The lowest BCUT2D eigenvalue weighted by atomic mass is 10.1. The molecule has 1 aromatic heterocycles. The van der Waals surface area contributed by atoms with Crippen LogP contribution in [0, 0.1) is 0 Å². The van der Waals surface area contributed by atoms with Gasteiger partial charge >= 0.3 is 0 Å². The number of hydrogen-bond acceptors (Lipinski definition) is 2. The molecule has 5 rings (SSSR count). The molecule has 0 N–H and O–H groups in total. The van der Waals surface area contributed by atoms with Gasteiger partial charge in [0.1, 0.15) is 0 Å². The van der Waals surface area contributed by atoms with Crippen molar-refractivity contribution in [2.24, 2.45) is 0 Å². The van der Waals surface area contributed by atoms with Crippen molar-refractivity contribution in [3.05, 3.63) is 56.8 Å². The molecule has 0 nitrogen and oxygen atoms in total. The molecule has 0 fully saturated rings. The first-order chi connectivity index (χ1) is 8.90. The molecule has 0 bridgehead atoms. The van der Waals surface area contributed by atoms with E-state index in [1.54, 1.807) is 0 Å². The van der Waals surface area contributed by atoms with E-state index < -0.39 is 0 Å². The van der Waals surface area contributed by atoms with Crippen molar-refractivity contribution in [1.29, 1.82) is 0 Å². The number of benzene rings is 1. The van der Waals surface area contributed by atoms with Crippen molar-refractivity contribution in [2.75, 3.05) is 5.75 Å². The van der Waals surface area contributed by atoms with E-state index in [-0.39, 0.29) is 0 Å². The van der Waals surface area contributed by atoms with Crippen molar-refractivity contribution in [1.82, 2.24) is 0 Å². The fourth-order valence-corrected chi connectivity index (χ4v) is 5.22. The van der Waals surface area contributed by atoms with E-state index in [1.807, 2.05) is 23.1 Å². The molecule has 86 valence electrons. The minimum Gasteiger partial charge on any atom is -0.144 e. The minimum absolute atomic E-state index is 1.12. The Bertz CT molecular complexity index is 850. The summed E-state index contributed by atoms with van der Waals surface area (Å²) in [6.45, 7) is 0. The Labute approximate surface area is 113 Å². The Balaban J connectivity index is 1.90. The second-order valence-corrected chi connectivity index (χ2v) is 6.94. The van der Waals surface area contributed by atoms with Crippen LogP contribution in [0.4, 0.5) is 0 Å². The predicted molar refractivity (Wildman–Crippen MR) is 80.2 cm³/mol. The Morgan fingerprint density at radius 1 is 1.11 bits per heavy atom. The zero-order chi connectivity index (χ0) is 11.7. The van der Waals surface area contributed by atoms with Gasteiger partial charge in [0.2, 0.25) is 0 Å². The lowest BCUT2D eigenvalue weighted by molar-refractivity contribution is 1.26. The SMILES string of the molecule is C1=C2C=c3cc4c(cc3=C2SC1)Cc1ccsc1-4. The van der Waals surface area contributed by atoms with Crippen LogP contribution < -0.4 is 10.4 Å². The largest absolute Gasteiger partial charge is 0.144 e. The van der Waals surface area contributed by atoms with Gasteiger partial charge in [-0.25, -0.2) is 0 Å². The zero-order valence-electron chi connectivity index (χ0n) is 9.69. The maximum Gasteiger partial charge on any atom is 0.0381 e. The standard InChI is InChI=1S/C16H10S2/c1-3-17-15-9(1)5-11-7-14-12(8-13(11)15)6-10-2-4-18-16(10)14/h1-3,6-8H,4-5H2. The highest BCUT2D eigenvalue weighted by atomic mass is 32.2. The molecule has 0 spiro atoms. The van der Waals surface area contributed by atoms with E-state index in [4.69, 9.17) is 0 Å². The van der Waals surface area contributed by atoms with Gasteiger partial charge in [-0.05, 0) is 68.8 Å². The molecule has 0 amide bonds. The Morgan fingerprint density at radius 2 is 2.11 bits per heavy atom. The van der Waals surface area contributed by atoms with E-state index in [2.05, 4.69) is 35.7 Å². The molecule has 2 heteroatoms. The van der Waals surface area contributed by atoms with E-state index in [0.717, 1.165) is 12.2 Å². The average Bonchev–Trinajstić information content (AvgIpc) is 3.04. The predicted octanol–water partition coefficient (Wildman–Crippen LogP) is 2.89. The highest BCUT2D eigenvalue weighted by molar-refractivity contribution is 8.08. The van der Waals surface area contributed by atoms with Gasteiger partial charge in [0.15, 0.2) is 0 Å². The molecule has 2 aromatic rings. The molecular weight excluding hydrogens is 256 g/mol. The van der Waals surface area contributed by atoms with Crippen molar-refractivity contribution in [2.45, 2.75) is 6.42 Å². The summed E-state index contributed by atoms with van der Waals surface area (Å²) in [7, 11) is 0. The molecule has 0 radical (unpaired) electrons. The van der Waals surface area contributed by atoms with Crippen LogP contribution >= 0.6 is 23.1 Å². The van der Waals surface area contributed by atoms with Gasteiger partial charge in [0.25, 0.3) is 0 Å². The smallest absolute Gasteiger partial charge is 0.0381 e. The van der Waals surface area contributed by atoms with Crippen molar-refractivity contribution in [3.63, 3.8) is 0 Å². The first kappa shape index (κ1) is 9.65. The number of fused-ring (bicyclic) bond motifs is 5. The first-order valence-electron chi connectivity index (χ1n) is 6.19. The third-order valence-corrected chi connectivity index (χ3v) is 6.06. The Kier molecular flexibility index (Phi) is 1.71. The summed E-state index contributed by atoms with van der Waals surface area (Å²) in [5, 5.41) is 5.10. The maximum atomic E-state index is 2.43. The number of hydrogen-bond donors (Lipinski definition) is 0. The van der Waals surface area contributed by atoms with Crippen LogP contribution in [0.5, 0.6) is 0 Å². The molecule has 2 heterocycles. The Hall–Kier alpha value is -1.25. The zero-order valence-corrected chi connectivity index (χ0v) is 11.3. The lowest BCUT2D eigenvalue weighted by Crippen LogP contribution is -2.23. The van der Waals surface area contributed by atoms with Crippen LogP contribution in [-0.2, 0) is 6.42 Å². The highest BCUT2D eigenvalue weighted by Gasteiger charge is 2.23. The quantitative estimate of drug-likeness (QED) is 0.603. The summed E-state index contributed by atoms with van der Waals surface area (Å²) < 4.78 is 0. The van der Waals surface area contributed by atoms with Gasteiger partial charge < -0.3 is 0 Å². The molecule has 1 aromatic carbocycles. The number of rotatable bonds is 0. The fourth-order valence-electron chi connectivity index (χ4n) is 3.17. The Morgan fingerprint density at radius 3 is 3.11 bits per heavy atom. The maximum absolute atomic E-state index is 2.43. The van der Waals surface area contributed by atoms with Crippen LogP contribution in [0.25, 0.3) is 21.4 Å². The summed E-state index contributed by atoms with van der Waals surface area (Å²) in [4.78, 5) is 2.99. The average molecular weight is 266 g/mol. The number of thioether (sulfide) groups is 1. The third kappa shape index (κ3) is 1.08. The monoisotopic (exact) mass is 266 g/mol.